The van der Waals surface area contributed by atoms with Gasteiger partial charge in [0.05, 0.1) is 5.69 Å². The topological polar surface area (TPSA) is 67.2 Å². The first-order chi connectivity index (χ1) is 9.10. The molecule has 0 fully saturated rings. The molecule has 2 N–H and O–H groups in total. The Morgan fingerprint density at radius 3 is 2.80 bits per heavy atom. The Bertz CT molecular complexity index is 580. The molecule has 2 heterocycles. The summed E-state index contributed by atoms with van der Waals surface area (Å²) in [5.41, 5.74) is 1.81. The van der Waals surface area contributed by atoms with Crippen molar-refractivity contribution in [1.82, 2.24) is 10.3 Å². The van der Waals surface area contributed by atoms with Crippen LogP contribution in [0.5, 0.6) is 0 Å². The van der Waals surface area contributed by atoms with Gasteiger partial charge in [-0.1, -0.05) is 0 Å². The van der Waals surface area contributed by atoms with Gasteiger partial charge >= 0.3 is 0 Å². The number of hydrogen-bond acceptors (Lipinski definition) is 5. The van der Waals surface area contributed by atoms with Crippen LogP contribution in [0.15, 0.2) is 15.9 Å². The maximum atomic E-state index is 11.6. The van der Waals surface area contributed by atoms with Crippen LogP contribution in [0.1, 0.15) is 17.9 Å². The van der Waals surface area contributed by atoms with Crippen molar-refractivity contribution in [3.8, 4) is 11.3 Å². The normalized spacial score (nSPS) is 10.2. The van der Waals surface area contributed by atoms with Crippen LogP contribution in [-0.2, 0) is 4.79 Å². The van der Waals surface area contributed by atoms with E-state index in [1.54, 1.807) is 0 Å². The van der Waals surface area contributed by atoms with Crippen molar-refractivity contribution in [2.45, 2.75) is 20.3 Å². The lowest BCUT2D eigenvalue weighted by molar-refractivity contribution is -0.116. The number of rotatable bonds is 5. The van der Waals surface area contributed by atoms with Gasteiger partial charge in [-0.25, -0.2) is 4.98 Å². The monoisotopic (exact) mass is 315 g/mol. The molecule has 20 heavy (non-hydrogen) atoms. The third kappa shape index (κ3) is 4.06. The molecule has 0 radical (unpaired) electrons. The molecule has 2 aromatic rings. The summed E-state index contributed by atoms with van der Waals surface area (Å²) in [5.74, 6) is 1.67. The van der Waals surface area contributed by atoms with Crippen molar-refractivity contribution in [3.05, 3.63) is 23.0 Å². The minimum Gasteiger partial charge on any atom is -0.466 e. The van der Waals surface area contributed by atoms with Gasteiger partial charge in [0, 0.05) is 23.9 Å². The number of anilines is 1. The number of aromatic nitrogens is 1. The van der Waals surface area contributed by atoms with Gasteiger partial charge in [-0.3, -0.25) is 4.79 Å². The second-order valence-electron chi connectivity index (χ2n) is 4.27. The van der Waals surface area contributed by atoms with Crippen LogP contribution in [-0.4, -0.2) is 24.5 Å². The molecule has 2 rings (SSSR count). The van der Waals surface area contributed by atoms with Crippen molar-refractivity contribution < 1.29 is 9.21 Å². The molecule has 0 aliphatic heterocycles. The molecule has 0 bridgehead atoms. The molecular weight excluding hydrogens is 298 g/mol. The maximum absolute atomic E-state index is 11.6. The zero-order chi connectivity index (χ0) is 13.8. The van der Waals surface area contributed by atoms with Crippen molar-refractivity contribution in [3.63, 3.8) is 0 Å². The molecule has 110 valence electrons. The zero-order valence-corrected chi connectivity index (χ0v) is 13.3. The van der Waals surface area contributed by atoms with E-state index in [2.05, 4.69) is 15.6 Å². The van der Waals surface area contributed by atoms with Crippen LogP contribution in [0.4, 0.5) is 5.13 Å². The van der Waals surface area contributed by atoms with Gasteiger partial charge < -0.3 is 15.1 Å². The Morgan fingerprint density at radius 2 is 2.20 bits per heavy atom. The summed E-state index contributed by atoms with van der Waals surface area (Å²) >= 11 is 1.42. The summed E-state index contributed by atoms with van der Waals surface area (Å²) in [7, 11) is 1.82. The number of furan rings is 1. The lowest BCUT2D eigenvalue weighted by Gasteiger charge is -2.00. The number of nitrogens with one attached hydrogen (secondary N) is 2. The lowest BCUT2D eigenvalue weighted by Crippen LogP contribution is -2.18. The largest absolute Gasteiger partial charge is 0.466 e. The number of aryl methyl sites for hydroxylation is 2. The highest BCUT2D eigenvalue weighted by Gasteiger charge is 2.12. The summed E-state index contributed by atoms with van der Waals surface area (Å²) < 4.78 is 5.48. The van der Waals surface area contributed by atoms with Gasteiger partial charge in [-0.05, 0) is 27.0 Å². The van der Waals surface area contributed by atoms with Crippen molar-refractivity contribution in [2.75, 3.05) is 18.9 Å². The molecule has 0 aliphatic rings. The predicted octanol–water partition coefficient (Wildman–Crippen LogP) is 2.99. The molecule has 0 saturated heterocycles. The second kappa shape index (κ2) is 7.42. The molecule has 0 aliphatic carbocycles. The third-order valence-electron chi connectivity index (χ3n) is 2.67. The highest BCUT2D eigenvalue weighted by molar-refractivity contribution is 7.14. The van der Waals surface area contributed by atoms with E-state index in [0.717, 1.165) is 22.8 Å². The molecule has 7 heteroatoms. The quantitative estimate of drug-likeness (QED) is 0.890. The molecule has 0 aromatic carbocycles. The van der Waals surface area contributed by atoms with Crippen molar-refractivity contribution in [2.24, 2.45) is 0 Å². The average molecular weight is 316 g/mol. The molecule has 0 unspecified atom stereocenters. The number of hydrogen-bond donors (Lipinski definition) is 2. The standard InChI is InChI=1S/C13H17N3O2S.ClH/c1-8-6-10(9(2)18-8)11-7-19-13(15-11)16-12(17)4-5-14-3;/h6-7,14H,4-5H2,1-3H3,(H,15,16,17);1H. The number of halogens is 1. The first-order valence-electron chi connectivity index (χ1n) is 6.07. The van der Waals surface area contributed by atoms with Crippen molar-refractivity contribution >= 4 is 34.8 Å². The fraction of sp³-hybridized carbons (Fsp3) is 0.385. The molecule has 1 amide bonds. The van der Waals surface area contributed by atoms with Gasteiger partial charge in [-0.2, -0.15) is 0 Å². The van der Waals surface area contributed by atoms with Crippen LogP contribution in [0, 0.1) is 13.8 Å². The number of amides is 1. The van der Waals surface area contributed by atoms with Crippen LogP contribution in [0.25, 0.3) is 11.3 Å². The molecule has 5 nitrogen and oxygen atoms in total. The zero-order valence-electron chi connectivity index (χ0n) is 11.6. The minimum atomic E-state index is -0.0321. The van der Waals surface area contributed by atoms with E-state index in [1.807, 2.05) is 32.3 Å². The smallest absolute Gasteiger partial charge is 0.227 e. The number of carbonyl (C=O) groups excluding carboxylic acids is 1. The molecular formula is C13H18ClN3O2S. The Balaban J connectivity index is 0.00000200. The van der Waals surface area contributed by atoms with E-state index >= 15 is 0 Å². The van der Waals surface area contributed by atoms with Crippen molar-refractivity contribution in [1.29, 1.82) is 0 Å². The van der Waals surface area contributed by atoms with E-state index in [-0.39, 0.29) is 18.3 Å². The molecule has 2 aromatic heterocycles. The Kier molecular flexibility index (Phi) is 6.19. The molecule has 0 atom stereocenters. The summed E-state index contributed by atoms with van der Waals surface area (Å²) in [6.07, 6.45) is 0.440. The second-order valence-corrected chi connectivity index (χ2v) is 5.12. The fourth-order valence-corrected chi connectivity index (χ4v) is 2.49. The third-order valence-corrected chi connectivity index (χ3v) is 3.43. The fourth-order valence-electron chi connectivity index (χ4n) is 1.76. The van der Waals surface area contributed by atoms with Crippen LogP contribution in [0.3, 0.4) is 0 Å². The van der Waals surface area contributed by atoms with Gasteiger partial charge in [-0.15, -0.1) is 23.7 Å². The Labute approximate surface area is 128 Å². The molecule has 0 spiro atoms. The van der Waals surface area contributed by atoms with E-state index in [9.17, 15) is 4.79 Å². The summed E-state index contributed by atoms with van der Waals surface area (Å²) in [6.45, 7) is 4.47. The lowest BCUT2D eigenvalue weighted by atomic mass is 10.2. The Morgan fingerprint density at radius 1 is 1.45 bits per heavy atom. The summed E-state index contributed by atoms with van der Waals surface area (Å²) in [6, 6.07) is 1.96. The minimum absolute atomic E-state index is 0. The number of nitrogens with zero attached hydrogens (tertiary/aromatic N) is 1. The van der Waals surface area contributed by atoms with Crippen LogP contribution >= 0.6 is 23.7 Å². The van der Waals surface area contributed by atoms with E-state index < -0.39 is 0 Å². The van der Waals surface area contributed by atoms with Crippen LogP contribution < -0.4 is 10.6 Å². The number of carbonyl (C=O) groups is 1. The van der Waals surface area contributed by atoms with E-state index in [4.69, 9.17) is 4.42 Å². The SMILES string of the molecule is CNCCC(=O)Nc1nc(-c2cc(C)oc2C)cs1.Cl. The van der Waals surface area contributed by atoms with Crippen LogP contribution in [0.2, 0.25) is 0 Å². The Hall–Kier alpha value is -1.37. The van der Waals surface area contributed by atoms with Gasteiger partial charge in [0.25, 0.3) is 0 Å². The highest BCUT2D eigenvalue weighted by atomic mass is 35.5. The predicted molar refractivity (Wildman–Crippen MR) is 83.7 cm³/mol. The number of thiazole rings is 1. The highest BCUT2D eigenvalue weighted by Crippen LogP contribution is 2.29. The van der Waals surface area contributed by atoms with E-state index in [1.165, 1.54) is 11.3 Å². The first-order valence-corrected chi connectivity index (χ1v) is 6.95. The summed E-state index contributed by atoms with van der Waals surface area (Å²) in [4.78, 5) is 16.0. The van der Waals surface area contributed by atoms with Gasteiger partial charge in [0.2, 0.25) is 5.91 Å². The average Bonchev–Trinajstić information content (AvgIpc) is 2.93. The maximum Gasteiger partial charge on any atom is 0.227 e. The van der Waals surface area contributed by atoms with Gasteiger partial charge in [0.1, 0.15) is 11.5 Å². The van der Waals surface area contributed by atoms with E-state index in [0.29, 0.717) is 18.1 Å². The first kappa shape index (κ1) is 16.7. The summed E-state index contributed by atoms with van der Waals surface area (Å²) in [5, 5.41) is 8.27. The van der Waals surface area contributed by atoms with Gasteiger partial charge in [0.15, 0.2) is 5.13 Å². The molecule has 0 saturated carbocycles.